The van der Waals surface area contributed by atoms with E-state index in [9.17, 15) is 4.79 Å². The fourth-order valence-electron chi connectivity index (χ4n) is 2.11. The topological polar surface area (TPSA) is 41.6 Å². The average molecular weight is 242 g/mol. The highest BCUT2D eigenvalue weighted by Gasteiger charge is 2.35. The van der Waals surface area contributed by atoms with Crippen molar-refractivity contribution in [1.29, 1.82) is 0 Å². The Morgan fingerprint density at radius 3 is 2.59 bits per heavy atom. The van der Waals surface area contributed by atoms with Gasteiger partial charge in [0.1, 0.15) is 5.54 Å². The molecule has 1 aliphatic rings. The molecule has 0 bridgehead atoms. The molecule has 1 fully saturated rings. The standard InChI is InChI=1S/C13H26N2O2/c1-10-8-11(10)9-15(4)7-6-13(2,14-3)12(16)17-5/h10-11,14H,6-9H2,1-5H3. The van der Waals surface area contributed by atoms with Gasteiger partial charge in [0.05, 0.1) is 7.11 Å². The third-order valence-electron chi connectivity index (χ3n) is 4.00. The van der Waals surface area contributed by atoms with E-state index in [0.29, 0.717) is 0 Å². The summed E-state index contributed by atoms with van der Waals surface area (Å²) in [5, 5.41) is 3.06. The SMILES string of the molecule is CNC(C)(CCN(C)CC1CC1C)C(=O)OC. The van der Waals surface area contributed by atoms with Gasteiger partial charge in [-0.3, -0.25) is 4.79 Å². The number of carbonyl (C=O) groups excluding carboxylic acids is 1. The number of rotatable bonds is 7. The summed E-state index contributed by atoms with van der Waals surface area (Å²) in [5.74, 6) is 1.56. The van der Waals surface area contributed by atoms with Gasteiger partial charge in [0.2, 0.25) is 0 Å². The monoisotopic (exact) mass is 242 g/mol. The first-order valence-electron chi connectivity index (χ1n) is 6.39. The molecule has 100 valence electrons. The summed E-state index contributed by atoms with van der Waals surface area (Å²) >= 11 is 0. The van der Waals surface area contributed by atoms with Crippen LogP contribution in [0.15, 0.2) is 0 Å². The van der Waals surface area contributed by atoms with Crippen LogP contribution in [0.25, 0.3) is 0 Å². The van der Waals surface area contributed by atoms with E-state index in [0.717, 1.165) is 31.3 Å². The van der Waals surface area contributed by atoms with Crippen LogP contribution in [-0.2, 0) is 9.53 Å². The van der Waals surface area contributed by atoms with Crippen LogP contribution in [0.3, 0.4) is 0 Å². The lowest BCUT2D eigenvalue weighted by molar-refractivity contribution is -0.148. The number of nitrogens with one attached hydrogen (secondary N) is 1. The summed E-state index contributed by atoms with van der Waals surface area (Å²) in [5.41, 5.74) is -0.571. The van der Waals surface area contributed by atoms with Crippen LogP contribution in [0.1, 0.15) is 26.7 Å². The molecule has 1 rings (SSSR count). The van der Waals surface area contributed by atoms with Gasteiger partial charge in [-0.1, -0.05) is 6.92 Å². The molecule has 0 heterocycles. The highest BCUT2D eigenvalue weighted by atomic mass is 16.5. The van der Waals surface area contributed by atoms with Crippen molar-refractivity contribution in [3.05, 3.63) is 0 Å². The maximum atomic E-state index is 11.7. The van der Waals surface area contributed by atoms with Gasteiger partial charge in [0, 0.05) is 13.1 Å². The largest absolute Gasteiger partial charge is 0.468 e. The van der Waals surface area contributed by atoms with Crippen LogP contribution in [0.2, 0.25) is 0 Å². The zero-order valence-corrected chi connectivity index (χ0v) is 11.7. The second-order valence-electron chi connectivity index (χ2n) is 5.56. The molecule has 0 spiro atoms. The molecule has 1 aliphatic carbocycles. The number of hydrogen-bond acceptors (Lipinski definition) is 4. The van der Waals surface area contributed by atoms with Crippen molar-refractivity contribution in [2.75, 3.05) is 34.3 Å². The Morgan fingerprint density at radius 2 is 2.18 bits per heavy atom. The van der Waals surface area contributed by atoms with Crippen LogP contribution < -0.4 is 5.32 Å². The van der Waals surface area contributed by atoms with E-state index in [1.165, 1.54) is 13.5 Å². The maximum Gasteiger partial charge on any atom is 0.325 e. The van der Waals surface area contributed by atoms with E-state index in [1.54, 1.807) is 7.05 Å². The smallest absolute Gasteiger partial charge is 0.325 e. The highest BCUT2D eigenvalue weighted by Crippen LogP contribution is 2.37. The lowest BCUT2D eigenvalue weighted by atomic mass is 9.98. The fraction of sp³-hybridized carbons (Fsp3) is 0.923. The van der Waals surface area contributed by atoms with Gasteiger partial charge in [0.15, 0.2) is 0 Å². The summed E-state index contributed by atoms with van der Waals surface area (Å²) in [7, 11) is 5.37. The molecule has 3 unspecified atom stereocenters. The van der Waals surface area contributed by atoms with E-state index in [1.807, 2.05) is 6.92 Å². The molecule has 4 heteroatoms. The molecular weight excluding hydrogens is 216 g/mol. The molecule has 0 aromatic carbocycles. The average Bonchev–Trinajstić information content (AvgIpc) is 3.00. The quantitative estimate of drug-likeness (QED) is 0.679. The van der Waals surface area contributed by atoms with Crippen LogP contribution in [-0.4, -0.2) is 50.7 Å². The third-order valence-corrected chi connectivity index (χ3v) is 4.00. The van der Waals surface area contributed by atoms with Crippen molar-refractivity contribution in [1.82, 2.24) is 10.2 Å². The van der Waals surface area contributed by atoms with Crippen molar-refractivity contribution in [2.45, 2.75) is 32.2 Å². The van der Waals surface area contributed by atoms with Crippen molar-refractivity contribution in [2.24, 2.45) is 11.8 Å². The van der Waals surface area contributed by atoms with Crippen LogP contribution in [0.5, 0.6) is 0 Å². The molecule has 1 N–H and O–H groups in total. The summed E-state index contributed by atoms with van der Waals surface area (Å²) in [6.45, 7) is 6.24. The first-order chi connectivity index (χ1) is 7.92. The normalized spacial score (nSPS) is 26.7. The number of hydrogen-bond donors (Lipinski definition) is 1. The second kappa shape index (κ2) is 5.83. The number of carbonyl (C=O) groups is 1. The molecule has 0 aromatic heterocycles. The third kappa shape index (κ3) is 3.96. The van der Waals surface area contributed by atoms with E-state index >= 15 is 0 Å². The number of ether oxygens (including phenoxy) is 1. The number of methoxy groups -OCH3 is 1. The van der Waals surface area contributed by atoms with Gasteiger partial charge in [0.25, 0.3) is 0 Å². The van der Waals surface area contributed by atoms with Crippen molar-refractivity contribution in [3.63, 3.8) is 0 Å². The molecule has 0 aliphatic heterocycles. The van der Waals surface area contributed by atoms with E-state index < -0.39 is 5.54 Å². The maximum absolute atomic E-state index is 11.7. The first-order valence-corrected chi connectivity index (χ1v) is 6.39. The highest BCUT2D eigenvalue weighted by molar-refractivity contribution is 5.80. The van der Waals surface area contributed by atoms with Gasteiger partial charge in [-0.25, -0.2) is 0 Å². The minimum atomic E-state index is -0.571. The van der Waals surface area contributed by atoms with Gasteiger partial charge >= 0.3 is 5.97 Å². The predicted molar refractivity (Wildman–Crippen MR) is 68.9 cm³/mol. The van der Waals surface area contributed by atoms with Gasteiger partial charge in [-0.05, 0) is 45.7 Å². The van der Waals surface area contributed by atoms with Crippen LogP contribution in [0, 0.1) is 11.8 Å². The molecule has 1 saturated carbocycles. The zero-order chi connectivity index (χ0) is 13.1. The van der Waals surface area contributed by atoms with Crippen LogP contribution in [0.4, 0.5) is 0 Å². The van der Waals surface area contributed by atoms with E-state index in [4.69, 9.17) is 4.74 Å². The lowest BCUT2D eigenvalue weighted by Gasteiger charge is -2.28. The predicted octanol–water partition coefficient (Wildman–Crippen LogP) is 1.12. The molecule has 0 aromatic rings. The second-order valence-corrected chi connectivity index (χ2v) is 5.56. The minimum Gasteiger partial charge on any atom is -0.468 e. The number of nitrogens with zero attached hydrogens (tertiary/aromatic N) is 1. The summed E-state index contributed by atoms with van der Waals surface area (Å²) in [6.07, 6.45) is 2.12. The molecule has 17 heavy (non-hydrogen) atoms. The molecular formula is C13H26N2O2. The number of likely N-dealkylation sites (N-methyl/N-ethyl adjacent to an activating group) is 1. The molecule has 3 atom stereocenters. The minimum absolute atomic E-state index is 0.187. The zero-order valence-electron chi connectivity index (χ0n) is 11.7. The Balaban J connectivity index is 2.33. The van der Waals surface area contributed by atoms with E-state index in [-0.39, 0.29) is 5.97 Å². The Labute approximate surface area is 105 Å². The van der Waals surface area contributed by atoms with Crippen molar-refractivity contribution >= 4 is 5.97 Å². The van der Waals surface area contributed by atoms with Gasteiger partial charge < -0.3 is 15.0 Å². The Morgan fingerprint density at radius 1 is 1.59 bits per heavy atom. The Bertz CT molecular complexity index is 270. The summed E-state index contributed by atoms with van der Waals surface area (Å²) in [4.78, 5) is 14.0. The van der Waals surface area contributed by atoms with Crippen molar-refractivity contribution in [3.8, 4) is 0 Å². The number of esters is 1. The first kappa shape index (κ1) is 14.5. The molecule has 4 nitrogen and oxygen atoms in total. The van der Waals surface area contributed by atoms with E-state index in [2.05, 4.69) is 24.2 Å². The Hall–Kier alpha value is -0.610. The van der Waals surface area contributed by atoms with Gasteiger partial charge in [-0.2, -0.15) is 0 Å². The summed E-state index contributed by atoms with van der Waals surface area (Å²) in [6, 6.07) is 0. The fourth-order valence-corrected chi connectivity index (χ4v) is 2.11. The molecule has 0 amide bonds. The van der Waals surface area contributed by atoms with Crippen LogP contribution >= 0.6 is 0 Å². The summed E-state index contributed by atoms with van der Waals surface area (Å²) < 4.78 is 4.83. The van der Waals surface area contributed by atoms with Gasteiger partial charge in [-0.15, -0.1) is 0 Å². The molecule has 0 radical (unpaired) electrons. The lowest BCUT2D eigenvalue weighted by Crippen LogP contribution is -2.50. The van der Waals surface area contributed by atoms with Crippen molar-refractivity contribution < 1.29 is 9.53 Å². The Kier molecular flexibility index (Phi) is 4.95. The molecule has 0 saturated heterocycles.